The van der Waals surface area contributed by atoms with Crippen LogP contribution in [0.5, 0.6) is 0 Å². The van der Waals surface area contributed by atoms with Crippen molar-refractivity contribution in [3.8, 4) is 0 Å². The van der Waals surface area contributed by atoms with Gasteiger partial charge < -0.3 is 39.9 Å². The third kappa shape index (κ3) is 5.39. The standard InChI is InChI=1S/C19H27N5O3.C16H21N5O3.CH4/c1-4-5-6-7-11-8-19(11)14-13(25-18(2,3)26-14)17(27-19)24-10-23-12-15(20)21-9-22-16(12)24;1-4-8-5-16(8)11-10(22-15(2,3)23-11)14(24-16)21-7-20-9-12(17)18-6-19-13(9)21;/h9-11,13-14,17H,4-8H2,1-3H3,(H2,20,21,22);6-8,10-11,14H,4-5H2,1-3H3,(H2,17,18,19);1H4/t11-,13?,14+,17+,19-;8-,10?,11+,14+,16-;/m00./s1. The maximum atomic E-state index is 6.63. The Morgan fingerprint density at radius 2 is 1.13 bits per heavy atom. The maximum Gasteiger partial charge on any atom is 0.167 e. The third-order valence-corrected chi connectivity index (χ3v) is 11.6. The van der Waals surface area contributed by atoms with Crippen molar-refractivity contribution in [1.29, 1.82) is 0 Å². The van der Waals surface area contributed by atoms with Crippen molar-refractivity contribution >= 4 is 34.0 Å². The van der Waals surface area contributed by atoms with Gasteiger partial charge in [0, 0.05) is 0 Å². The van der Waals surface area contributed by atoms with Gasteiger partial charge in [-0.15, -0.1) is 0 Å². The molecule has 2 aliphatic carbocycles. The smallest absolute Gasteiger partial charge is 0.167 e. The number of fused-ring (bicyclic) bond motifs is 6. The van der Waals surface area contributed by atoms with Crippen LogP contribution in [0.2, 0.25) is 0 Å². The van der Waals surface area contributed by atoms with E-state index in [1.807, 2.05) is 36.8 Å². The molecule has 4 saturated heterocycles. The Hall–Kier alpha value is -3.54. The Morgan fingerprint density at radius 1 is 0.654 bits per heavy atom. The van der Waals surface area contributed by atoms with Crippen molar-refractivity contribution in [2.24, 2.45) is 11.8 Å². The fourth-order valence-corrected chi connectivity index (χ4v) is 9.13. The van der Waals surface area contributed by atoms with E-state index in [1.165, 1.54) is 38.3 Å². The lowest BCUT2D eigenvalue weighted by Gasteiger charge is -2.25. The number of hydrogen-bond donors (Lipinski definition) is 2. The van der Waals surface area contributed by atoms with E-state index in [4.69, 9.17) is 39.9 Å². The van der Waals surface area contributed by atoms with E-state index in [0.717, 1.165) is 19.3 Å². The highest BCUT2D eigenvalue weighted by molar-refractivity contribution is 5.81. The van der Waals surface area contributed by atoms with Crippen LogP contribution in [-0.4, -0.2) is 86.2 Å². The molecule has 8 heterocycles. The fraction of sp³-hybridized carbons (Fsp3) is 0.722. The van der Waals surface area contributed by atoms with Gasteiger partial charge in [-0.2, -0.15) is 0 Å². The van der Waals surface area contributed by atoms with E-state index < -0.39 is 11.6 Å². The van der Waals surface area contributed by atoms with Crippen LogP contribution in [-0.2, 0) is 28.4 Å². The molecule has 2 unspecified atom stereocenters. The zero-order valence-corrected chi connectivity index (χ0v) is 30.1. The van der Waals surface area contributed by atoms with Crippen LogP contribution in [0.15, 0.2) is 25.3 Å². The van der Waals surface area contributed by atoms with Crippen LogP contribution in [0, 0.1) is 11.8 Å². The largest absolute Gasteiger partial charge is 0.382 e. The van der Waals surface area contributed by atoms with E-state index in [1.54, 1.807) is 12.7 Å². The number of ether oxygens (including phenoxy) is 6. The van der Waals surface area contributed by atoms with Crippen LogP contribution in [0.1, 0.15) is 106 Å². The number of nitrogens with zero attached hydrogens (tertiary/aromatic N) is 8. The van der Waals surface area contributed by atoms with E-state index in [-0.39, 0.29) is 55.5 Å². The summed E-state index contributed by atoms with van der Waals surface area (Å²) in [5, 5.41) is 0. The summed E-state index contributed by atoms with van der Waals surface area (Å²) in [4.78, 5) is 25.5. The maximum absolute atomic E-state index is 6.63. The van der Waals surface area contributed by atoms with Gasteiger partial charge in [0.1, 0.15) is 59.3 Å². The van der Waals surface area contributed by atoms with Crippen molar-refractivity contribution in [2.45, 2.75) is 154 Å². The molecule has 4 aromatic heterocycles. The number of aromatic nitrogens is 8. The Kier molecular flexibility index (Phi) is 8.36. The summed E-state index contributed by atoms with van der Waals surface area (Å²) in [5.74, 6) is 0.525. The summed E-state index contributed by atoms with van der Waals surface area (Å²) in [6, 6.07) is 0. The van der Waals surface area contributed by atoms with Gasteiger partial charge in [0.2, 0.25) is 0 Å². The fourth-order valence-electron chi connectivity index (χ4n) is 9.13. The van der Waals surface area contributed by atoms with Crippen LogP contribution in [0.3, 0.4) is 0 Å². The first-order chi connectivity index (χ1) is 24.4. The Labute approximate surface area is 303 Å². The van der Waals surface area contributed by atoms with E-state index in [2.05, 4.69) is 43.8 Å². The predicted octanol–water partition coefficient (Wildman–Crippen LogP) is 5.06. The lowest BCUT2D eigenvalue weighted by atomic mass is 10.0. The third-order valence-electron chi connectivity index (χ3n) is 11.6. The lowest BCUT2D eigenvalue weighted by molar-refractivity contribution is -0.203. The average Bonchev–Trinajstić information content (AvgIpc) is 3.42. The molecule has 10 rings (SSSR count). The quantitative estimate of drug-likeness (QED) is 0.241. The number of imidazole rings is 2. The molecule has 0 amide bonds. The van der Waals surface area contributed by atoms with Crippen molar-refractivity contribution in [1.82, 2.24) is 39.0 Å². The van der Waals surface area contributed by atoms with Crippen LogP contribution in [0.25, 0.3) is 22.3 Å². The minimum Gasteiger partial charge on any atom is -0.382 e. The SMILES string of the molecule is C.CCCCC[C@H]1C[C@]12O[C@@H](n1cnc3c(N)ncnc31)C1OC(C)(C)O[C@H]12.CC[C@H]1C[C@]12O[C@@H](n1cnc3c(N)ncnc31)C1OC(C)(C)O[C@H]12. The topological polar surface area (TPSA) is 195 Å². The highest BCUT2D eigenvalue weighted by atomic mass is 16.8. The molecule has 4 aliphatic heterocycles. The molecule has 16 heteroatoms. The molecule has 2 spiro atoms. The highest BCUT2D eigenvalue weighted by Gasteiger charge is 2.74. The molecule has 282 valence electrons. The first kappa shape index (κ1) is 35.5. The summed E-state index contributed by atoms with van der Waals surface area (Å²) < 4.78 is 41.9. The first-order valence-corrected chi connectivity index (χ1v) is 18.3. The average molecular weight is 721 g/mol. The van der Waals surface area contributed by atoms with Gasteiger partial charge in [-0.25, -0.2) is 29.9 Å². The Balaban J connectivity index is 0.000000147. The normalized spacial score (nSPS) is 37.3. The van der Waals surface area contributed by atoms with E-state index >= 15 is 0 Å². The van der Waals surface area contributed by atoms with Crippen LogP contribution in [0.4, 0.5) is 11.6 Å². The molecule has 0 bridgehead atoms. The Morgan fingerprint density at radius 3 is 1.60 bits per heavy atom. The summed E-state index contributed by atoms with van der Waals surface area (Å²) in [7, 11) is 0. The highest BCUT2D eigenvalue weighted by Crippen LogP contribution is 2.64. The van der Waals surface area contributed by atoms with Crippen molar-refractivity contribution in [3.63, 3.8) is 0 Å². The molecule has 2 saturated carbocycles. The molecule has 16 nitrogen and oxygen atoms in total. The molecule has 52 heavy (non-hydrogen) atoms. The summed E-state index contributed by atoms with van der Waals surface area (Å²) in [6.45, 7) is 12.3. The predicted molar refractivity (Wildman–Crippen MR) is 190 cm³/mol. The summed E-state index contributed by atoms with van der Waals surface area (Å²) in [6.07, 6.45) is 13.1. The van der Waals surface area contributed by atoms with Gasteiger partial charge in [-0.3, -0.25) is 9.13 Å². The number of unbranched alkanes of at least 4 members (excludes halogenated alkanes) is 2. The second-order valence-electron chi connectivity index (χ2n) is 15.8. The molecule has 0 radical (unpaired) electrons. The molecule has 6 aliphatic rings. The van der Waals surface area contributed by atoms with Gasteiger partial charge >= 0.3 is 0 Å². The van der Waals surface area contributed by atoms with Gasteiger partial charge in [0.05, 0.1) is 12.7 Å². The number of rotatable bonds is 7. The number of hydrogen-bond acceptors (Lipinski definition) is 14. The van der Waals surface area contributed by atoms with Gasteiger partial charge in [0.15, 0.2) is 47.0 Å². The summed E-state index contributed by atoms with van der Waals surface area (Å²) in [5.41, 5.74) is 13.8. The first-order valence-electron chi connectivity index (χ1n) is 18.3. The van der Waals surface area contributed by atoms with Gasteiger partial charge in [0.25, 0.3) is 0 Å². The van der Waals surface area contributed by atoms with E-state index in [0.29, 0.717) is 45.8 Å². The monoisotopic (exact) mass is 720 g/mol. The van der Waals surface area contributed by atoms with Crippen LogP contribution < -0.4 is 11.5 Å². The molecule has 4 N–H and O–H groups in total. The van der Waals surface area contributed by atoms with Crippen molar-refractivity contribution in [2.75, 3.05) is 11.5 Å². The Bertz CT molecular complexity index is 1970. The molecule has 6 fully saturated rings. The molecule has 0 aromatic carbocycles. The molecular weight excluding hydrogens is 668 g/mol. The minimum atomic E-state index is -0.620. The van der Waals surface area contributed by atoms with Crippen molar-refractivity contribution < 1.29 is 28.4 Å². The summed E-state index contributed by atoms with van der Waals surface area (Å²) >= 11 is 0. The van der Waals surface area contributed by atoms with Gasteiger partial charge in [-0.05, 0) is 58.8 Å². The zero-order chi connectivity index (χ0) is 35.5. The molecule has 10 atom stereocenters. The number of anilines is 2. The van der Waals surface area contributed by atoms with Crippen LogP contribution >= 0.6 is 0 Å². The second kappa shape index (κ2) is 12.2. The molecule has 4 aromatic rings. The second-order valence-corrected chi connectivity index (χ2v) is 15.8. The lowest BCUT2D eigenvalue weighted by Crippen LogP contribution is -2.32. The molecular formula is C36H52N10O6. The van der Waals surface area contributed by atoms with E-state index in [9.17, 15) is 0 Å². The van der Waals surface area contributed by atoms with Gasteiger partial charge in [-0.1, -0.05) is 47.0 Å². The zero-order valence-electron chi connectivity index (χ0n) is 30.1. The van der Waals surface area contributed by atoms with Crippen molar-refractivity contribution in [3.05, 3.63) is 25.3 Å². The number of nitrogens with two attached hydrogens (primary N) is 2. The minimum absolute atomic E-state index is 0. The number of nitrogen functional groups attached to an aromatic ring is 2.